The number of rotatable bonds is 3. The van der Waals surface area contributed by atoms with Crippen molar-refractivity contribution in [3.63, 3.8) is 0 Å². The van der Waals surface area contributed by atoms with E-state index in [-0.39, 0.29) is 0 Å². The van der Waals surface area contributed by atoms with Gasteiger partial charge in [-0.2, -0.15) is 10.2 Å². The van der Waals surface area contributed by atoms with E-state index in [4.69, 9.17) is 0 Å². The summed E-state index contributed by atoms with van der Waals surface area (Å²) < 4.78 is 0. The molecule has 0 N–H and O–H groups in total. The van der Waals surface area contributed by atoms with Crippen LogP contribution in [0.4, 0.5) is 5.69 Å². The highest BCUT2D eigenvalue weighted by atomic mass is 15.2. The first kappa shape index (κ1) is 12.8. The molecule has 2 aromatic rings. The molecule has 2 aliphatic rings. The summed E-state index contributed by atoms with van der Waals surface area (Å²) in [5.41, 5.74) is 2.55. The average Bonchev–Trinajstić information content (AvgIpc) is 2.80. The van der Waals surface area contributed by atoms with Gasteiger partial charge in [0.05, 0.1) is 5.69 Å². The lowest BCUT2D eigenvalue weighted by molar-refractivity contribution is 0.335. The second kappa shape index (κ2) is 5.47. The standard InChI is InChI=1S/C18H21N3/c1-2-6-16(7-3-1)21-17-8-9-18(21)13-14(12-17)11-15-5-4-10-19-20-15/h1-7,10,14,17-18H,8-9,11-13H2/t14?,17-,18?/m1/s1. The van der Waals surface area contributed by atoms with E-state index in [1.807, 2.05) is 6.07 Å². The predicted molar refractivity (Wildman–Crippen MR) is 84.2 cm³/mol. The second-order valence-corrected chi connectivity index (χ2v) is 6.38. The zero-order valence-electron chi connectivity index (χ0n) is 12.2. The van der Waals surface area contributed by atoms with Crippen LogP contribution in [-0.4, -0.2) is 22.3 Å². The van der Waals surface area contributed by atoms with Gasteiger partial charge in [-0.1, -0.05) is 18.2 Å². The summed E-state index contributed by atoms with van der Waals surface area (Å²) in [6.45, 7) is 0. The molecule has 2 bridgehead atoms. The van der Waals surface area contributed by atoms with E-state index in [1.54, 1.807) is 6.20 Å². The summed E-state index contributed by atoms with van der Waals surface area (Å²) in [5, 5.41) is 8.26. The molecule has 0 spiro atoms. The van der Waals surface area contributed by atoms with E-state index in [2.05, 4.69) is 51.5 Å². The van der Waals surface area contributed by atoms with E-state index in [9.17, 15) is 0 Å². The quantitative estimate of drug-likeness (QED) is 0.861. The molecular weight excluding hydrogens is 258 g/mol. The number of para-hydroxylation sites is 1. The van der Waals surface area contributed by atoms with Crippen LogP contribution < -0.4 is 4.90 Å². The molecular formula is C18H21N3. The van der Waals surface area contributed by atoms with Crippen LogP contribution in [0.25, 0.3) is 0 Å². The van der Waals surface area contributed by atoms with E-state index in [0.29, 0.717) is 12.1 Å². The van der Waals surface area contributed by atoms with Crippen LogP contribution in [-0.2, 0) is 6.42 Å². The molecule has 0 aliphatic carbocycles. The lowest BCUT2D eigenvalue weighted by Crippen LogP contribution is -2.43. The Bertz CT molecular complexity index is 570. The number of benzene rings is 1. The maximum Gasteiger partial charge on any atom is 0.0633 e. The average molecular weight is 279 g/mol. The SMILES string of the molecule is c1ccc(N2C3CC[C@@H]2CC(Cc2cccnn2)C3)cc1. The van der Waals surface area contributed by atoms with Gasteiger partial charge in [-0.05, 0) is 62.3 Å². The lowest BCUT2D eigenvalue weighted by atomic mass is 9.87. The van der Waals surface area contributed by atoms with Crippen molar-refractivity contribution in [3.8, 4) is 0 Å². The number of anilines is 1. The van der Waals surface area contributed by atoms with Crippen LogP contribution >= 0.6 is 0 Å². The molecule has 1 aromatic carbocycles. The molecule has 3 nitrogen and oxygen atoms in total. The van der Waals surface area contributed by atoms with Crippen molar-refractivity contribution in [1.29, 1.82) is 0 Å². The number of fused-ring (bicyclic) bond motifs is 2. The second-order valence-electron chi connectivity index (χ2n) is 6.38. The number of aromatic nitrogens is 2. The molecule has 3 heteroatoms. The fourth-order valence-corrected chi connectivity index (χ4v) is 4.22. The molecule has 2 fully saturated rings. The van der Waals surface area contributed by atoms with Crippen molar-refractivity contribution in [2.24, 2.45) is 5.92 Å². The molecule has 4 rings (SSSR count). The molecule has 2 saturated heterocycles. The Balaban J connectivity index is 1.49. The van der Waals surface area contributed by atoms with Crippen LogP contribution in [0.1, 0.15) is 31.4 Å². The zero-order valence-corrected chi connectivity index (χ0v) is 12.2. The van der Waals surface area contributed by atoms with Crippen LogP contribution in [0, 0.1) is 5.92 Å². The number of piperidine rings is 1. The fraction of sp³-hybridized carbons (Fsp3) is 0.444. The number of nitrogens with zero attached hydrogens (tertiary/aromatic N) is 3. The van der Waals surface area contributed by atoms with Gasteiger partial charge in [0.15, 0.2) is 0 Å². The smallest absolute Gasteiger partial charge is 0.0633 e. The molecule has 0 amide bonds. The molecule has 2 aliphatic heterocycles. The Morgan fingerprint density at radius 2 is 1.71 bits per heavy atom. The molecule has 0 radical (unpaired) electrons. The third-order valence-corrected chi connectivity index (χ3v) is 5.01. The van der Waals surface area contributed by atoms with Crippen molar-refractivity contribution in [1.82, 2.24) is 10.2 Å². The first-order chi connectivity index (χ1) is 10.4. The number of hydrogen-bond donors (Lipinski definition) is 0. The molecule has 0 saturated carbocycles. The summed E-state index contributed by atoms with van der Waals surface area (Å²) in [6.07, 6.45) is 8.12. The van der Waals surface area contributed by atoms with Gasteiger partial charge in [0, 0.05) is 24.0 Å². The van der Waals surface area contributed by atoms with Crippen molar-refractivity contribution in [2.75, 3.05) is 4.90 Å². The minimum absolute atomic E-state index is 0.716. The lowest BCUT2D eigenvalue weighted by Gasteiger charge is -2.40. The summed E-state index contributed by atoms with van der Waals surface area (Å²) in [7, 11) is 0. The first-order valence-corrected chi connectivity index (χ1v) is 8.00. The van der Waals surface area contributed by atoms with Crippen LogP contribution in [0.2, 0.25) is 0 Å². The predicted octanol–water partition coefficient (Wildman–Crippen LogP) is 3.47. The van der Waals surface area contributed by atoms with Gasteiger partial charge in [0.25, 0.3) is 0 Å². The highest BCUT2D eigenvalue weighted by molar-refractivity contribution is 5.50. The zero-order chi connectivity index (χ0) is 14.1. The summed E-state index contributed by atoms with van der Waals surface area (Å²) in [5.74, 6) is 0.763. The van der Waals surface area contributed by atoms with Crippen molar-refractivity contribution in [3.05, 3.63) is 54.4 Å². The first-order valence-electron chi connectivity index (χ1n) is 8.00. The van der Waals surface area contributed by atoms with Crippen molar-refractivity contribution >= 4 is 5.69 Å². The van der Waals surface area contributed by atoms with Gasteiger partial charge < -0.3 is 4.90 Å². The maximum atomic E-state index is 4.26. The van der Waals surface area contributed by atoms with Gasteiger partial charge in [-0.3, -0.25) is 0 Å². The van der Waals surface area contributed by atoms with E-state index >= 15 is 0 Å². The highest BCUT2D eigenvalue weighted by Gasteiger charge is 2.40. The number of hydrogen-bond acceptors (Lipinski definition) is 3. The highest BCUT2D eigenvalue weighted by Crippen LogP contribution is 2.42. The molecule has 1 aromatic heterocycles. The minimum atomic E-state index is 0.716. The third kappa shape index (κ3) is 2.53. The summed E-state index contributed by atoms with van der Waals surface area (Å²) in [6, 6.07) is 16.5. The van der Waals surface area contributed by atoms with Crippen LogP contribution in [0.15, 0.2) is 48.7 Å². The minimum Gasteiger partial charge on any atom is -0.366 e. The van der Waals surface area contributed by atoms with E-state index in [1.165, 1.54) is 31.4 Å². The van der Waals surface area contributed by atoms with Crippen LogP contribution in [0.3, 0.4) is 0 Å². The van der Waals surface area contributed by atoms with Gasteiger partial charge >= 0.3 is 0 Å². The Labute approximate surface area is 126 Å². The fourth-order valence-electron chi connectivity index (χ4n) is 4.22. The normalized spacial score (nSPS) is 27.8. The van der Waals surface area contributed by atoms with E-state index < -0.39 is 0 Å². The molecule has 21 heavy (non-hydrogen) atoms. The van der Waals surface area contributed by atoms with Gasteiger partial charge in [0.1, 0.15) is 0 Å². The molecule has 108 valence electrons. The Morgan fingerprint density at radius 3 is 2.38 bits per heavy atom. The Kier molecular flexibility index (Phi) is 3.34. The van der Waals surface area contributed by atoms with Crippen molar-refractivity contribution < 1.29 is 0 Å². The maximum absolute atomic E-state index is 4.26. The van der Waals surface area contributed by atoms with Crippen molar-refractivity contribution in [2.45, 2.75) is 44.2 Å². The van der Waals surface area contributed by atoms with Gasteiger partial charge in [0.2, 0.25) is 0 Å². The topological polar surface area (TPSA) is 29.0 Å². The van der Waals surface area contributed by atoms with Gasteiger partial charge in [-0.15, -0.1) is 0 Å². The summed E-state index contributed by atoms with van der Waals surface area (Å²) in [4.78, 5) is 2.67. The Morgan fingerprint density at radius 1 is 0.952 bits per heavy atom. The third-order valence-electron chi connectivity index (χ3n) is 5.01. The summed E-state index contributed by atoms with van der Waals surface area (Å²) >= 11 is 0. The van der Waals surface area contributed by atoms with Gasteiger partial charge in [-0.25, -0.2) is 0 Å². The molecule has 3 heterocycles. The monoisotopic (exact) mass is 279 g/mol. The Hall–Kier alpha value is -1.90. The molecule has 2 unspecified atom stereocenters. The van der Waals surface area contributed by atoms with Crippen LogP contribution in [0.5, 0.6) is 0 Å². The van der Waals surface area contributed by atoms with E-state index in [0.717, 1.165) is 18.0 Å². The molecule has 3 atom stereocenters. The largest absolute Gasteiger partial charge is 0.366 e.